The largest absolute Gasteiger partial charge is 0.350 e. The van der Waals surface area contributed by atoms with Crippen LogP contribution in [0.4, 0.5) is 0 Å². The van der Waals surface area contributed by atoms with Crippen molar-refractivity contribution in [1.82, 2.24) is 15.1 Å². The summed E-state index contributed by atoms with van der Waals surface area (Å²) in [5, 5.41) is 8.18. The standard InChI is InChI=1S/C28H33N3OS/c1-16-5-7-18(8-6-16)15-31-26-21-11-17(2)33-24(21)13-22(26)25(30-31)27(32)29-14-19-9-10-20-12-23(19)28(20,3)4/h5-8,11,19-20,23H,9-10,12-15H2,1-4H3,(H,29,32). The molecule has 33 heavy (non-hydrogen) atoms. The Hall–Kier alpha value is -2.40. The number of thiophene rings is 1. The van der Waals surface area contributed by atoms with Gasteiger partial charge < -0.3 is 5.32 Å². The fourth-order valence-corrected chi connectivity index (χ4v) is 7.75. The molecule has 3 saturated carbocycles. The van der Waals surface area contributed by atoms with E-state index in [0.29, 0.717) is 23.6 Å². The van der Waals surface area contributed by atoms with Crippen LogP contribution < -0.4 is 5.32 Å². The van der Waals surface area contributed by atoms with Crippen molar-refractivity contribution in [3.63, 3.8) is 0 Å². The van der Waals surface area contributed by atoms with E-state index in [-0.39, 0.29) is 5.91 Å². The van der Waals surface area contributed by atoms with E-state index in [2.05, 4.69) is 68.0 Å². The van der Waals surface area contributed by atoms with E-state index < -0.39 is 0 Å². The number of fused-ring (bicyclic) bond motifs is 5. The number of rotatable bonds is 5. The van der Waals surface area contributed by atoms with Gasteiger partial charge in [-0.05, 0) is 67.9 Å². The van der Waals surface area contributed by atoms with Crippen LogP contribution in [-0.4, -0.2) is 22.2 Å². The number of carbonyl (C=O) groups is 1. The molecule has 2 heterocycles. The normalized spacial score (nSPS) is 24.2. The first-order valence-electron chi connectivity index (χ1n) is 12.3. The third-order valence-electron chi connectivity index (χ3n) is 8.77. The maximum absolute atomic E-state index is 13.4. The number of amides is 1. The third kappa shape index (κ3) is 3.39. The molecule has 3 fully saturated rings. The van der Waals surface area contributed by atoms with Crippen molar-refractivity contribution in [3.8, 4) is 11.3 Å². The van der Waals surface area contributed by atoms with Crippen LogP contribution in [0.25, 0.3) is 11.3 Å². The van der Waals surface area contributed by atoms with E-state index in [9.17, 15) is 4.79 Å². The fraction of sp³-hybridized carbons (Fsp3) is 0.500. The molecule has 4 nitrogen and oxygen atoms in total. The summed E-state index contributed by atoms with van der Waals surface area (Å²) >= 11 is 1.84. The summed E-state index contributed by atoms with van der Waals surface area (Å²) < 4.78 is 2.06. The molecule has 3 unspecified atom stereocenters. The Kier molecular flexibility index (Phi) is 4.84. The lowest BCUT2D eigenvalue weighted by atomic mass is 9.45. The van der Waals surface area contributed by atoms with Gasteiger partial charge in [0, 0.05) is 33.8 Å². The van der Waals surface area contributed by atoms with Gasteiger partial charge in [-0.25, -0.2) is 0 Å². The van der Waals surface area contributed by atoms with Gasteiger partial charge in [-0.3, -0.25) is 9.48 Å². The van der Waals surface area contributed by atoms with Crippen LogP contribution in [0, 0.1) is 37.0 Å². The summed E-state index contributed by atoms with van der Waals surface area (Å²) in [5.74, 6) is 2.23. The van der Waals surface area contributed by atoms with E-state index in [4.69, 9.17) is 5.10 Å². The number of aromatic nitrogens is 2. The minimum atomic E-state index is 0.0000317. The van der Waals surface area contributed by atoms with E-state index in [1.165, 1.54) is 45.7 Å². The van der Waals surface area contributed by atoms with Gasteiger partial charge in [-0.1, -0.05) is 43.7 Å². The first kappa shape index (κ1) is 21.2. The number of hydrogen-bond acceptors (Lipinski definition) is 3. The van der Waals surface area contributed by atoms with Gasteiger partial charge in [-0.2, -0.15) is 5.10 Å². The zero-order valence-corrected chi connectivity index (χ0v) is 20.9. The summed E-state index contributed by atoms with van der Waals surface area (Å²) in [4.78, 5) is 16.1. The molecule has 0 aliphatic heterocycles. The zero-order chi connectivity index (χ0) is 22.9. The van der Waals surface area contributed by atoms with Crippen LogP contribution >= 0.6 is 11.3 Å². The molecule has 3 aromatic rings. The van der Waals surface area contributed by atoms with Crippen molar-refractivity contribution < 1.29 is 4.79 Å². The van der Waals surface area contributed by atoms with E-state index in [1.807, 2.05) is 11.3 Å². The zero-order valence-electron chi connectivity index (χ0n) is 20.1. The number of benzene rings is 1. The monoisotopic (exact) mass is 459 g/mol. The van der Waals surface area contributed by atoms with Crippen LogP contribution in [0.3, 0.4) is 0 Å². The predicted molar refractivity (Wildman–Crippen MR) is 134 cm³/mol. The molecule has 0 spiro atoms. The van der Waals surface area contributed by atoms with Crippen LogP contribution in [0.5, 0.6) is 0 Å². The second kappa shape index (κ2) is 7.56. The Bertz CT molecular complexity index is 1230. The minimum Gasteiger partial charge on any atom is -0.350 e. The quantitative estimate of drug-likeness (QED) is 0.399. The fourth-order valence-electron chi connectivity index (χ4n) is 6.70. The Morgan fingerprint density at radius 3 is 2.73 bits per heavy atom. The molecule has 1 N–H and O–H groups in total. The van der Waals surface area contributed by atoms with Crippen LogP contribution in [0.15, 0.2) is 30.3 Å². The molecule has 1 amide bonds. The first-order valence-corrected chi connectivity index (χ1v) is 13.2. The maximum atomic E-state index is 13.4. The van der Waals surface area contributed by atoms with Crippen molar-refractivity contribution >= 4 is 17.2 Å². The van der Waals surface area contributed by atoms with Crippen molar-refractivity contribution in [2.24, 2.45) is 23.2 Å². The summed E-state index contributed by atoms with van der Waals surface area (Å²) in [6, 6.07) is 10.9. The summed E-state index contributed by atoms with van der Waals surface area (Å²) in [6.07, 6.45) is 4.72. The molecule has 3 atom stereocenters. The molecule has 2 bridgehead atoms. The minimum absolute atomic E-state index is 0.0000317. The third-order valence-corrected chi connectivity index (χ3v) is 9.82. The molecule has 4 aliphatic carbocycles. The molecule has 172 valence electrons. The average Bonchev–Trinajstić information content (AvgIpc) is 3.43. The van der Waals surface area contributed by atoms with Crippen LogP contribution in [0.2, 0.25) is 0 Å². The molecule has 1 aromatic carbocycles. The summed E-state index contributed by atoms with van der Waals surface area (Å²) in [7, 11) is 0. The molecule has 2 aromatic heterocycles. The molecule has 4 aliphatic rings. The van der Waals surface area contributed by atoms with Crippen molar-refractivity contribution in [1.29, 1.82) is 0 Å². The van der Waals surface area contributed by atoms with Crippen molar-refractivity contribution in [2.45, 2.75) is 59.9 Å². The number of aryl methyl sites for hydroxylation is 2. The van der Waals surface area contributed by atoms with Gasteiger partial charge in [0.25, 0.3) is 5.91 Å². The van der Waals surface area contributed by atoms with Crippen LogP contribution in [-0.2, 0) is 13.0 Å². The molecular weight excluding hydrogens is 426 g/mol. The molecule has 7 rings (SSSR count). The van der Waals surface area contributed by atoms with Crippen molar-refractivity contribution in [3.05, 3.63) is 62.5 Å². The topological polar surface area (TPSA) is 46.9 Å². The van der Waals surface area contributed by atoms with Gasteiger partial charge in [0.1, 0.15) is 0 Å². The van der Waals surface area contributed by atoms with Gasteiger partial charge >= 0.3 is 0 Å². The Morgan fingerprint density at radius 1 is 1.21 bits per heavy atom. The Labute approximate surface area is 200 Å². The SMILES string of the molecule is Cc1ccc(Cn2nc(C(=O)NCC3CCC4CC3C4(C)C)c3c2-c2cc(C)sc2C3)cc1. The van der Waals surface area contributed by atoms with Gasteiger partial charge in [0.15, 0.2) is 5.69 Å². The number of carbonyl (C=O) groups excluding carboxylic acids is 1. The lowest BCUT2D eigenvalue weighted by Crippen LogP contribution is -2.54. The predicted octanol–water partition coefficient (Wildman–Crippen LogP) is 5.98. The van der Waals surface area contributed by atoms with Gasteiger partial charge in [0.2, 0.25) is 0 Å². The molecule has 5 heteroatoms. The highest BCUT2D eigenvalue weighted by Gasteiger charge is 2.54. The summed E-state index contributed by atoms with van der Waals surface area (Å²) in [5.41, 5.74) is 7.04. The second-order valence-corrected chi connectivity index (χ2v) is 12.4. The smallest absolute Gasteiger partial charge is 0.272 e. The summed E-state index contributed by atoms with van der Waals surface area (Å²) in [6.45, 7) is 10.6. The lowest BCUT2D eigenvalue weighted by molar-refractivity contribution is -0.103. The van der Waals surface area contributed by atoms with Crippen molar-refractivity contribution in [2.75, 3.05) is 6.54 Å². The number of nitrogens with zero attached hydrogens (tertiary/aromatic N) is 2. The Morgan fingerprint density at radius 2 is 2.00 bits per heavy atom. The second-order valence-electron chi connectivity index (χ2n) is 11.1. The van der Waals surface area contributed by atoms with E-state index in [0.717, 1.165) is 36.1 Å². The lowest BCUT2D eigenvalue weighted by Gasteiger charge is -2.60. The average molecular weight is 460 g/mol. The number of nitrogens with one attached hydrogen (secondary N) is 1. The highest BCUT2D eigenvalue weighted by atomic mass is 32.1. The van der Waals surface area contributed by atoms with E-state index in [1.54, 1.807) is 0 Å². The van der Waals surface area contributed by atoms with Crippen LogP contribution in [0.1, 0.15) is 70.0 Å². The van der Waals surface area contributed by atoms with E-state index >= 15 is 0 Å². The highest BCUT2D eigenvalue weighted by molar-refractivity contribution is 7.12. The first-order chi connectivity index (χ1) is 15.8. The number of hydrogen-bond donors (Lipinski definition) is 1. The molecule has 0 radical (unpaired) electrons. The van der Waals surface area contributed by atoms with Gasteiger partial charge in [-0.15, -0.1) is 11.3 Å². The maximum Gasteiger partial charge on any atom is 0.272 e. The highest BCUT2D eigenvalue weighted by Crippen LogP contribution is 2.61. The Balaban J connectivity index is 1.27. The molecule has 0 saturated heterocycles. The molecular formula is C28H33N3OS. The van der Waals surface area contributed by atoms with Gasteiger partial charge in [0.05, 0.1) is 12.2 Å².